The third-order valence-corrected chi connectivity index (χ3v) is 1.53. The van der Waals surface area contributed by atoms with Crippen LogP contribution in [0.15, 0.2) is 42.5 Å². The van der Waals surface area contributed by atoms with Gasteiger partial charge in [-0.1, -0.05) is 30.7 Å². The van der Waals surface area contributed by atoms with E-state index < -0.39 is 5.97 Å². The van der Waals surface area contributed by atoms with Crippen LogP contribution in [-0.2, 0) is 9.53 Å². The summed E-state index contributed by atoms with van der Waals surface area (Å²) in [6, 6.07) is 9.29. The van der Waals surface area contributed by atoms with Crippen molar-refractivity contribution in [3.63, 3.8) is 0 Å². The Morgan fingerprint density at radius 1 is 1.40 bits per heavy atom. The molecule has 1 aromatic rings. The van der Waals surface area contributed by atoms with E-state index in [0.29, 0.717) is 0 Å². The van der Waals surface area contributed by atoms with Gasteiger partial charge in [0.15, 0.2) is 0 Å². The van der Waals surface area contributed by atoms with Crippen LogP contribution in [0.2, 0.25) is 0 Å². The molecule has 76 valence electrons. The van der Waals surface area contributed by atoms with Crippen LogP contribution in [0.5, 0.6) is 0 Å². The Morgan fingerprint density at radius 2 is 2.07 bits per heavy atom. The third kappa shape index (κ3) is 4.68. The summed E-state index contributed by atoms with van der Waals surface area (Å²) in [6.45, 7) is 5.63. The molecule has 0 radical (unpaired) electrons. The zero-order valence-corrected chi connectivity index (χ0v) is 8.62. The lowest BCUT2D eigenvalue weighted by atomic mass is 10.2. The summed E-state index contributed by atoms with van der Waals surface area (Å²) in [5.41, 5.74) is 1.59. The molecule has 0 heterocycles. The molecule has 1 rings (SSSR count). The first-order valence-electron chi connectivity index (χ1n) is 4.56. The molecule has 0 unspecified atom stereocenters. The molecule has 2 nitrogen and oxygen atoms in total. The fourth-order valence-electron chi connectivity index (χ4n) is 0.870. The second-order valence-electron chi connectivity index (χ2n) is 3.15. The van der Waals surface area contributed by atoms with E-state index in [0.717, 1.165) is 11.1 Å². The summed E-state index contributed by atoms with van der Waals surface area (Å²) in [5.74, 6) is 4.59. The van der Waals surface area contributed by atoms with Gasteiger partial charge < -0.3 is 4.74 Å². The van der Waals surface area contributed by atoms with Gasteiger partial charge in [-0.2, -0.15) is 0 Å². The van der Waals surface area contributed by atoms with Crippen molar-refractivity contribution in [3.8, 4) is 11.8 Å². The van der Waals surface area contributed by atoms with Crippen LogP contribution in [0.3, 0.4) is 0 Å². The van der Waals surface area contributed by atoms with Gasteiger partial charge in [0.2, 0.25) is 0 Å². The van der Waals surface area contributed by atoms with E-state index in [1.54, 1.807) is 6.92 Å². The topological polar surface area (TPSA) is 26.3 Å². The maximum Gasteiger partial charge on any atom is 0.385 e. The Balaban J connectivity index is 2.51. The quantitative estimate of drug-likeness (QED) is 0.415. The minimum Gasteiger partial charge on any atom is -0.452 e. The molecule has 15 heavy (non-hydrogen) atoms. The average Bonchev–Trinajstić information content (AvgIpc) is 2.25. The highest BCUT2D eigenvalue weighted by molar-refractivity contribution is 5.89. The van der Waals surface area contributed by atoms with Crippen molar-refractivity contribution >= 4 is 5.97 Å². The Kier molecular flexibility index (Phi) is 4.18. The lowest BCUT2D eigenvalue weighted by Gasteiger charge is -1.97. The van der Waals surface area contributed by atoms with Crippen molar-refractivity contribution in [1.82, 2.24) is 0 Å². The van der Waals surface area contributed by atoms with Crippen LogP contribution in [0, 0.1) is 11.8 Å². The first-order valence-corrected chi connectivity index (χ1v) is 4.56. The van der Waals surface area contributed by atoms with Gasteiger partial charge in [-0.05, 0) is 24.6 Å². The summed E-state index contributed by atoms with van der Waals surface area (Å²) in [5, 5.41) is 0. The van der Waals surface area contributed by atoms with Crippen LogP contribution in [0.1, 0.15) is 12.5 Å². The second-order valence-corrected chi connectivity index (χ2v) is 3.15. The number of carbonyl (C=O) groups excluding carboxylic acids is 1. The zero-order valence-electron chi connectivity index (χ0n) is 8.62. The molecule has 0 aromatic heterocycles. The number of hydrogen-bond donors (Lipinski definition) is 0. The SMILES string of the molecule is C=C(C)COC(=O)C#Cc1ccccc1. The Morgan fingerprint density at radius 3 is 2.67 bits per heavy atom. The first-order chi connectivity index (χ1) is 7.18. The molecular weight excluding hydrogens is 188 g/mol. The van der Waals surface area contributed by atoms with Gasteiger partial charge in [0.1, 0.15) is 6.61 Å². The molecule has 0 saturated heterocycles. The minimum absolute atomic E-state index is 0.225. The molecule has 1 aromatic carbocycles. The van der Waals surface area contributed by atoms with Crippen molar-refractivity contribution in [2.75, 3.05) is 6.61 Å². The molecule has 0 aliphatic rings. The molecule has 0 aliphatic carbocycles. The Labute approximate surface area is 89.6 Å². The van der Waals surface area contributed by atoms with Crippen LogP contribution in [0.4, 0.5) is 0 Å². The second kappa shape index (κ2) is 5.66. The predicted octanol–water partition coefficient (Wildman–Crippen LogP) is 2.16. The maximum atomic E-state index is 11.1. The van der Waals surface area contributed by atoms with Gasteiger partial charge >= 0.3 is 5.97 Å². The van der Waals surface area contributed by atoms with Crippen LogP contribution < -0.4 is 0 Å². The van der Waals surface area contributed by atoms with Crippen LogP contribution >= 0.6 is 0 Å². The van der Waals surface area contributed by atoms with Crippen LogP contribution in [0.25, 0.3) is 0 Å². The summed E-state index contributed by atoms with van der Waals surface area (Å²) >= 11 is 0. The lowest BCUT2D eigenvalue weighted by molar-refractivity contribution is -0.135. The van der Waals surface area contributed by atoms with Gasteiger partial charge in [0, 0.05) is 11.5 Å². The molecule has 0 spiro atoms. The Bertz CT molecular complexity index is 407. The number of esters is 1. The highest BCUT2D eigenvalue weighted by Crippen LogP contribution is 1.95. The third-order valence-electron chi connectivity index (χ3n) is 1.53. The van der Waals surface area contributed by atoms with Gasteiger partial charge in [-0.25, -0.2) is 4.79 Å². The van der Waals surface area contributed by atoms with E-state index in [2.05, 4.69) is 18.4 Å². The summed E-state index contributed by atoms with van der Waals surface area (Å²) in [6.07, 6.45) is 0. The number of hydrogen-bond acceptors (Lipinski definition) is 2. The van der Waals surface area contributed by atoms with Crippen molar-refractivity contribution in [2.24, 2.45) is 0 Å². The smallest absolute Gasteiger partial charge is 0.385 e. The lowest BCUT2D eigenvalue weighted by Crippen LogP contribution is -2.03. The van der Waals surface area contributed by atoms with Crippen LogP contribution in [-0.4, -0.2) is 12.6 Å². The number of benzene rings is 1. The molecule has 0 amide bonds. The normalized spacial score (nSPS) is 8.60. The monoisotopic (exact) mass is 200 g/mol. The first kappa shape index (κ1) is 11.1. The predicted molar refractivity (Wildman–Crippen MR) is 59.1 cm³/mol. The number of carbonyl (C=O) groups is 1. The molecule has 0 N–H and O–H groups in total. The molecule has 2 heteroatoms. The van der Waals surface area contributed by atoms with E-state index in [9.17, 15) is 4.79 Å². The van der Waals surface area contributed by atoms with E-state index >= 15 is 0 Å². The largest absolute Gasteiger partial charge is 0.452 e. The van der Waals surface area contributed by atoms with Gasteiger partial charge in [-0.3, -0.25) is 0 Å². The maximum absolute atomic E-state index is 11.1. The zero-order chi connectivity index (χ0) is 11.1. The fourth-order valence-corrected chi connectivity index (χ4v) is 0.870. The fraction of sp³-hybridized carbons (Fsp3) is 0.154. The van der Waals surface area contributed by atoms with Gasteiger partial charge in [0.25, 0.3) is 0 Å². The van der Waals surface area contributed by atoms with Crippen molar-refractivity contribution < 1.29 is 9.53 Å². The molecule has 0 fully saturated rings. The van der Waals surface area contributed by atoms with Crippen molar-refractivity contribution in [2.45, 2.75) is 6.92 Å². The summed E-state index contributed by atoms with van der Waals surface area (Å²) < 4.78 is 4.81. The van der Waals surface area contributed by atoms with Crippen molar-refractivity contribution in [3.05, 3.63) is 48.0 Å². The molecule has 0 aliphatic heterocycles. The minimum atomic E-state index is -0.526. The Hall–Kier alpha value is -2.01. The van der Waals surface area contributed by atoms with Gasteiger partial charge in [-0.15, -0.1) is 0 Å². The van der Waals surface area contributed by atoms with Gasteiger partial charge in [0.05, 0.1) is 0 Å². The molecule has 0 saturated carbocycles. The average molecular weight is 200 g/mol. The summed E-state index contributed by atoms with van der Waals surface area (Å²) in [4.78, 5) is 11.1. The van der Waals surface area contributed by atoms with Crippen molar-refractivity contribution in [1.29, 1.82) is 0 Å². The number of rotatable bonds is 2. The highest BCUT2D eigenvalue weighted by Gasteiger charge is 1.95. The highest BCUT2D eigenvalue weighted by atomic mass is 16.5. The van der Waals surface area contributed by atoms with E-state index in [1.807, 2.05) is 30.3 Å². The van der Waals surface area contributed by atoms with E-state index in [1.165, 1.54) is 0 Å². The molecular formula is C13H12O2. The number of ether oxygens (including phenoxy) is 1. The summed E-state index contributed by atoms with van der Waals surface area (Å²) in [7, 11) is 0. The molecule has 0 bridgehead atoms. The molecule has 0 atom stereocenters. The van der Waals surface area contributed by atoms with E-state index in [4.69, 9.17) is 4.74 Å². The standard InChI is InChI=1S/C13H12O2/c1-11(2)10-15-13(14)9-8-12-6-4-3-5-7-12/h3-7H,1,10H2,2H3. The van der Waals surface area contributed by atoms with E-state index in [-0.39, 0.29) is 6.61 Å².